The second-order valence-corrected chi connectivity index (χ2v) is 9.58. The SMILES string of the molecule is c1ccc2cc(-c3ncc4c5ccccc5c5cnc(-c6ccc7ccccc7c6)nc5c4n3)ccc2c1. The Labute approximate surface area is 218 Å². The minimum Gasteiger partial charge on any atom is -0.236 e. The van der Waals surface area contributed by atoms with Gasteiger partial charge < -0.3 is 0 Å². The van der Waals surface area contributed by atoms with E-state index in [0.717, 1.165) is 54.5 Å². The van der Waals surface area contributed by atoms with Crippen molar-refractivity contribution in [3.8, 4) is 22.8 Å². The number of fused-ring (bicyclic) bond motifs is 8. The topological polar surface area (TPSA) is 51.6 Å². The van der Waals surface area contributed by atoms with Gasteiger partial charge in [0.25, 0.3) is 0 Å². The van der Waals surface area contributed by atoms with Gasteiger partial charge in [-0.05, 0) is 44.5 Å². The Morgan fingerprint density at radius 2 is 0.789 bits per heavy atom. The quantitative estimate of drug-likeness (QED) is 0.231. The fourth-order valence-corrected chi connectivity index (χ4v) is 5.41. The van der Waals surface area contributed by atoms with Crippen LogP contribution in [0, 0.1) is 0 Å². The van der Waals surface area contributed by atoms with Crippen molar-refractivity contribution in [3.05, 3.63) is 122 Å². The third-order valence-electron chi connectivity index (χ3n) is 7.32. The van der Waals surface area contributed by atoms with Crippen LogP contribution in [0.25, 0.3) is 76.9 Å². The molecule has 0 fully saturated rings. The van der Waals surface area contributed by atoms with E-state index in [1.165, 1.54) is 10.8 Å². The molecular weight excluding hydrogens is 464 g/mol. The standard InChI is InChI=1S/C34H20N4/c1-3-9-23-17-25(15-13-21(23)7-1)33-35-19-29-27-11-5-6-12-28(27)30-20-36-34(38-32(30)31(29)37-33)26-16-14-22-8-2-4-10-24(22)18-26/h1-20H. The van der Waals surface area contributed by atoms with Gasteiger partial charge in [0.2, 0.25) is 0 Å². The molecule has 2 heterocycles. The van der Waals surface area contributed by atoms with E-state index in [4.69, 9.17) is 19.9 Å². The molecule has 4 heteroatoms. The van der Waals surface area contributed by atoms with E-state index in [0.29, 0.717) is 11.6 Å². The molecule has 2 aromatic heterocycles. The minimum absolute atomic E-state index is 0.686. The fourth-order valence-electron chi connectivity index (χ4n) is 5.41. The molecular formula is C34H20N4. The Kier molecular flexibility index (Phi) is 4.49. The predicted molar refractivity (Wildman–Crippen MR) is 156 cm³/mol. The van der Waals surface area contributed by atoms with Crippen LogP contribution in [0.5, 0.6) is 0 Å². The van der Waals surface area contributed by atoms with Crippen molar-refractivity contribution in [3.63, 3.8) is 0 Å². The summed E-state index contributed by atoms with van der Waals surface area (Å²) in [6.45, 7) is 0. The molecule has 0 amide bonds. The van der Waals surface area contributed by atoms with Crippen LogP contribution < -0.4 is 0 Å². The lowest BCUT2D eigenvalue weighted by molar-refractivity contribution is 1.21. The van der Waals surface area contributed by atoms with Crippen LogP contribution >= 0.6 is 0 Å². The van der Waals surface area contributed by atoms with E-state index in [2.05, 4.69) is 109 Å². The first kappa shape index (κ1) is 20.9. The molecule has 0 unspecified atom stereocenters. The number of nitrogens with zero attached hydrogens (tertiary/aromatic N) is 4. The van der Waals surface area contributed by atoms with Gasteiger partial charge in [-0.15, -0.1) is 0 Å². The zero-order valence-corrected chi connectivity index (χ0v) is 20.3. The lowest BCUT2D eigenvalue weighted by atomic mass is 10.0. The summed E-state index contributed by atoms with van der Waals surface area (Å²) < 4.78 is 0. The van der Waals surface area contributed by atoms with E-state index < -0.39 is 0 Å². The third kappa shape index (κ3) is 3.24. The molecule has 0 spiro atoms. The predicted octanol–water partition coefficient (Wildman–Crippen LogP) is 8.37. The fraction of sp³-hybridized carbons (Fsp3) is 0. The van der Waals surface area contributed by atoms with E-state index in [9.17, 15) is 0 Å². The summed E-state index contributed by atoms with van der Waals surface area (Å²) in [6, 6.07) is 37.7. The molecule has 4 nitrogen and oxygen atoms in total. The zero-order valence-electron chi connectivity index (χ0n) is 20.3. The smallest absolute Gasteiger partial charge is 0.159 e. The molecule has 0 radical (unpaired) electrons. The van der Waals surface area contributed by atoms with Crippen LogP contribution in [0.3, 0.4) is 0 Å². The van der Waals surface area contributed by atoms with Gasteiger partial charge in [-0.1, -0.05) is 97.1 Å². The van der Waals surface area contributed by atoms with E-state index in [-0.39, 0.29) is 0 Å². The van der Waals surface area contributed by atoms with Gasteiger partial charge in [0.15, 0.2) is 11.6 Å². The largest absolute Gasteiger partial charge is 0.236 e. The first-order valence-corrected chi connectivity index (χ1v) is 12.6. The zero-order chi connectivity index (χ0) is 25.1. The van der Waals surface area contributed by atoms with Gasteiger partial charge in [-0.25, -0.2) is 19.9 Å². The highest BCUT2D eigenvalue weighted by atomic mass is 14.9. The maximum Gasteiger partial charge on any atom is 0.159 e. The Morgan fingerprint density at radius 3 is 1.26 bits per heavy atom. The third-order valence-corrected chi connectivity index (χ3v) is 7.32. The summed E-state index contributed by atoms with van der Waals surface area (Å²) in [4.78, 5) is 19.8. The van der Waals surface area contributed by atoms with Gasteiger partial charge in [-0.2, -0.15) is 0 Å². The molecule has 8 rings (SSSR count). The molecule has 176 valence electrons. The van der Waals surface area contributed by atoms with Crippen LogP contribution in [0.2, 0.25) is 0 Å². The molecule has 38 heavy (non-hydrogen) atoms. The second kappa shape index (κ2) is 8.15. The Bertz CT molecular complexity index is 2040. The summed E-state index contributed by atoms with van der Waals surface area (Å²) in [5.41, 5.74) is 3.63. The monoisotopic (exact) mass is 484 g/mol. The maximum absolute atomic E-state index is 5.11. The summed E-state index contributed by atoms with van der Waals surface area (Å²) in [7, 11) is 0. The van der Waals surface area contributed by atoms with Crippen molar-refractivity contribution in [2.45, 2.75) is 0 Å². The normalized spacial score (nSPS) is 11.7. The van der Waals surface area contributed by atoms with Crippen molar-refractivity contribution in [1.29, 1.82) is 0 Å². The summed E-state index contributed by atoms with van der Waals surface area (Å²) >= 11 is 0. The first-order chi connectivity index (χ1) is 18.8. The minimum atomic E-state index is 0.686. The molecule has 0 N–H and O–H groups in total. The van der Waals surface area contributed by atoms with Crippen LogP contribution in [0.15, 0.2) is 122 Å². The first-order valence-electron chi connectivity index (χ1n) is 12.6. The van der Waals surface area contributed by atoms with Crippen molar-refractivity contribution >= 4 is 54.1 Å². The highest BCUT2D eigenvalue weighted by Crippen LogP contribution is 2.35. The van der Waals surface area contributed by atoms with Crippen LogP contribution in [0.1, 0.15) is 0 Å². The lowest BCUT2D eigenvalue weighted by Gasteiger charge is -2.11. The van der Waals surface area contributed by atoms with E-state index in [1.54, 1.807) is 0 Å². The average Bonchev–Trinajstić information content (AvgIpc) is 3.00. The van der Waals surface area contributed by atoms with Crippen molar-refractivity contribution < 1.29 is 0 Å². The highest BCUT2D eigenvalue weighted by molar-refractivity contribution is 6.23. The van der Waals surface area contributed by atoms with Crippen LogP contribution in [-0.2, 0) is 0 Å². The van der Waals surface area contributed by atoms with Gasteiger partial charge in [0.1, 0.15) is 11.0 Å². The van der Waals surface area contributed by atoms with Crippen LogP contribution in [0.4, 0.5) is 0 Å². The van der Waals surface area contributed by atoms with Crippen LogP contribution in [-0.4, -0.2) is 19.9 Å². The van der Waals surface area contributed by atoms with Crippen molar-refractivity contribution in [2.24, 2.45) is 0 Å². The Hall–Kier alpha value is -5.22. The molecule has 8 aromatic rings. The van der Waals surface area contributed by atoms with Crippen molar-refractivity contribution in [2.75, 3.05) is 0 Å². The molecule has 0 atom stereocenters. The lowest BCUT2D eigenvalue weighted by Crippen LogP contribution is -1.96. The number of hydrogen-bond donors (Lipinski definition) is 0. The Balaban J connectivity index is 1.40. The molecule has 0 aliphatic carbocycles. The number of rotatable bonds is 2. The summed E-state index contributed by atoms with van der Waals surface area (Å²) in [6.07, 6.45) is 3.87. The summed E-state index contributed by atoms with van der Waals surface area (Å²) in [5.74, 6) is 1.37. The summed E-state index contributed by atoms with van der Waals surface area (Å²) in [5, 5.41) is 8.89. The average molecular weight is 485 g/mol. The van der Waals surface area contributed by atoms with Gasteiger partial charge >= 0.3 is 0 Å². The van der Waals surface area contributed by atoms with Gasteiger partial charge in [0, 0.05) is 34.3 Å². The van der Waals surface area contributed by atoms with Gasteiger partial charge in [-0.3, -0.25) is 0 Å². The maximum atomic E-state index is 5.11. The van der Waals surface area contributed by atoms with E-state index >= 15 is 0 Å². The van der Waals surface area contributed by atoms with E-state index in [1.807, 2.05) is 12.4 Å². The number of benzene rings is 6. The number of hydrogen-bond acceptors (Lipinski definition) is 4. The molecule has 6 aromatic carbocycles. The molecule has 0 aliphatic heterocycles. The van der Waals surface area contributed by atoms with Crippen molar-refractivity contribution in [1.82, 2.24) is 19.9 Å². The molecule has 0 saturated heterocycles. The number of aromatic nitrogens is 4. The highest BCUT2D eigenvalue weighted by Gasteiger charge is 2.15. The molecule has 0 aliphatic rings. The molecule has 0 bridgehead atoms. The Morgan fingerprint density at radius 1 is 0.368 bits per heavy atom. The van der Waals surface area contributed by atoms with Gasteiger partial charge in [0.05, 0.1) is 0 Å². The second-order valence-electron chi connectivity index (χ2n) is 9.58. The molecule has 0 saturated carbocycles.